The van der Waals surface area contributed by atoms with Gasteiger partial charge in [-0.3, -0.25) is 4.21 Å². The summed E-state index contributed by atoms with van der Waals surface area (Å²) in [5.74, 6) is -1.26. The first-order valence-corrected chi connectivity index (χ1v) is 8.72. The number of hydrogen-bond donors (Lipinski definition) is 0. The second-order valence-electron chi connectivity index (χ2n) is 5.85. The lowest BCUT2D eigenvalue weighted by atomic mass is 9.58. The van der Waals surface area contributed by atoms with Crippen molar-refractivity contribution in [3.63, 3.8) is 0 Å². The van der Waals surface area contributed by atoms with Gasteiger partial charge in [0.2, 0.25) is 0 Å². The first-order chi connectivity index (χ1) is 11.9. The van der Waals surface area contributed by atoms with Gasteiger partial charge in [-0.25, -0.2) is 8.78 Å². The van der Waals surface area contributed by atoms with E-state index in [-0.39, 0.29) is 28.3 Å². The molecular formula is C16H11ClF2N3O2S-. The molecule has 1 saturated carbocycles. The molecule has 2 aromatic rings. The van der Waals surface area contributed by atoms with Gasteiger partial charge in [0.05, 0.1) is 0 Å². The number of halogens is 3. The maximum absolute atomic E-state index is 14.4. The summed E-state index contributed by atoms with van der Waals surface area (Å²) in [4.78, 5) is 2.73. The van der Waals surface area contributed by atoms with E-state index in [0.717, 1.165) is 18.2 Å². The topological polar surface area (TPSA) is 88.9 Å². The van der Waals surface area contributed by atoms with Gasteiger partial charge in [0.1, 0.15) is 11.6 Å². The van der Waals surface area contributed by atoms with E-state index in [9.17, 15) is 17.5 Å². The van der Waals surface area contributed by atoms with Crippen LogP contribution in [0.5, 0.6) is 0 Å². The Bertz CT molecular complexity index is 912. The lowest BCUT2D eigenvalue weighted by Gasteiger charge is -2.47. The lowest BCUT2D eigenvalue weighted by Crippen LogP contribution is -2.45. The summed E-state index contributed by atoms with van der Waals surface area (Å²) in [6, 6.07) is 6.75. The highest BCUT2D eigenvalue weighted by molar-refractivity contribution is 7.79. The zero-order valence-corrected chi connectivity index (χ0v) is 14.2. The molecule has 0 N–H and O–H groups in total. The molecule has 0 bridgehead atoms. The van der Waals surface area contributed by atoms with Crippen molar-refractivity contribution in [1.82, 2.24) is 0 Å². The van der Waals surface area contributed by atoms with Crippen LogP contribution in [0.4, 0.5) is 8.78 Å². The van der Waals surface area contributed by atoms with Crippen LogP contribution in [0.25, 0.3) is 10.4 Å². The number of benzene rings is 2. The Morgan fingerprint density at radius 3 is 2.60 bits per heavy atom. The van der Waals surface area contributed by atoms with Crippen molar-refractivity contribution >= 4 is 22.7 Å². The molecule has 0 amide bonds. The van der Waals surface area contributed by atoms with E-state index in [1.807, 2.05) is 0 Å². The van der Waals surface area contributed by atoms with E-state index in [2.05, 4.69) is 10.0 Å². The van der Waals surface area contributed by atoms with Gasteiger partial charge in [-0.1, -0.05) is 16.7 Å². The minimum atomic E-state index is -2.50. The Kier molecular flexibility index (Phi) is 4.79. The maximum atomic E-state index is 14.4. The lowest BCUT2D eigenvalue weighted by molar-refractivity contribution is 0.244. The Morgan fingerprint density at radius 1 is 1.24 bits per heavy atom. The van der Waals surface area contributed by atoms with E-state index in [1.165, 1.54) is 18.2 Å². The zero-order valence-electron chi connectivity index (χ0n) is 12.7. The van der Waals surface area contributed by atoms with E-state index in [4.69, 9.17) is 17.1 Å². The minimum Gasteiger partial charge on any atom is -0.768 e. The van der Waals surface area contributed by atoms with Crippen LogP contribution in [0.3, 0.4) is 0 Å². The summed E-state index contributed by atoms with van der Waals surface area (Å²) < 4.78 is 50.7. The fraction of sp³-hybridized carbons (Fsp3) is 0.250. The third-order valence-corrected chi connectivity index (χ3v) is 5.44. The van der Waals surface area contributed by atoms with Crippen molar-refractivity contribution in [3.8, 4) is 0 Å². The van der Waals surface area contributed by atoms with E-state index < -0.39 is 34.2 Å². The van der Waals surface area contributed by atoms with Gasteiger partial charge in [-0.05, 0) is 71.4 Å². The zero-order chi connectivity index (χ0) is 18.2. The molecule has 2 aromatic carbocycles. The van der Waals surface area contributed by atoms with Crippen molar-refractivity contribution in [1.29, 1.82) is 0 Å². The maximum Gasteiger partial charge on any atom is 0.127 e. The van der Waals surface area contributed by atoms with Crippen LogP contribution in [0, 0.1) is 11.6 Å². The molecule has 5 nitrogen and oxygen atoms in total. The fourth-order valence-electron chi connectivity index (χ4n) is 3.32. The predicted octanol–water partition coefficient (Wildman–Crippen LogP) is 4.62. The van der Waals surface area contributed by atoms with Crippen molar-refractivity contribution in [2.75, 3.05) is 0 Å². The molecule has 3 rings (SSSR count). The molecule has 130 valence electrons. The van der Waals surface area contributed by atoms with Gasteiger partial charge in [0.25, 0.3) is 0 Å². The molecule has 9 heteroatoms. The van der Waals surface area contributed by atoms with E-state index in [0.29, 0.717) is 5.56 Å². The molecule has 0 heterocycles. The summed E-state index contributed by atoms with van der Waals surface area (Å²) in [6.45, 7) is 0. The third-order valence-electron chi connectivity index (χ3n) is 4.47. The first kappa shape index (κ1) is 17.8. The summed E-state index contributed by atoms with van der Waals surface area (Å²) in [7, 11) is 0. The Hall–Kier alpha value is -1.99. The fourth-order valence-corrected chi connectivity index (χ4v) is 4.01. The van der Waals surface area contributed by atoms with Crippen LogP contribution in [0.15, 0.2) is 46.4 Å². The summed E-state index contributed by atoms with van der Waals surface area (Å²) >= 11 is 3.75. The molecule has 1 aliphatic carbocycles. The average molecular weight is 383 g/mol. The van der Waals surface area contributed by atoms with Crippen molar-refractivity contribution < 1.29 is 17.5 Å². The minimum absolute atomic E-state index is 0.0113. The number of nitrogens with zero attached hydrogens (tertiary/aromatic N) is 3. The Balaban J connectivity index is 2.20. The molecule has 0 aromatic heterocycles. The van der Waals surface area contributed by atoms with Crippen LogP contribution in [0.2, 0.25) is 5.02 Å². The number of rotatable bonds is 4. The molecule has 1 fully saturated rings. The van der Waals surface area contributed by atoms with Gasteiger partial charge < -0.3 is 4.55 Å². The molecule has 0 aliphatic heterocycles. The molecule has 1 aliphatic rings. The second-order valence-corrected chi connectivity index (χ2v) is 7.20. The SMILES string of the molecule is [N-]=[N+]=NC1CC(c2cc(F)ccc2F)(c2cc(S(=O)[O-])ccc2Cl)C1. The van der Waals surface area contributed by atoms with Crippen LogP contribution in [0.1, 0.15) is 24.0 Å². The molecular weight excluding hydrogens is 372 g/mol. The number of azide groups is 1. The van der Waals surface area contributed by atoms with Gasteiger partial charge in [0.15, 0.2) is 0 Å². The average Bonchev–Trinajstić information content (AvgIpc) is 2.53. The standard InChI is InChI=1S/C16H12ClF2N3O2S/c17-14-3-2-11(25(23)24)6-12(14)16(7-10(8-16)21-22-20)13-5-9(18)1-4-15(13)19/h1-6,10H,7-8H2,(H,23,24)/p-1. The highest BCUT2D eigenvalue weighted by Crippen LogP contribution is 2.53. The summed E-state index contributed by atoms with van der Waals surface area (Å²) in [5.41, 5.74) is 7.97. The van der Waals surface area contributed by atoms with Gasteiger partial charge >= 0.3 is 0 Å². The Morgan fingerprint density at radius 2 is 1.96 bits per heavy atom. The smallest absolute Gasteiger partial charge is 0.127 e. The third kappa shape index (κ3) is 3.14. The predicted molar refractivity (Wildman–Crippen MR) is 87.9 cm³/mol. The van der Waals surface area contributed by atoms with Gasteiger partial charge in [-0.2, -0.15) is 0 Å². The second kappa shape index (κ2) is 6.72. The van der Waals surface area contributed by atoms with Crippen LogP contribution in [-0.2, 0) is 16.5 Å². The van der Waals surface area contributed by atoms with Crippen LogP contribution >= 0.6 is 11.6 Å². The van der Waals surface area contributed by atoms with Crippen molar-refractivity contribution in [2.24, 2.45) is 5.11 Å². The monoisotopic (exact) mass is 382 g/mol. The molecule has 1 unspecified atom stereocenters. The highest BCUT2D eigenvalue weighted by Gasteiger charge is 2.49. The molecule has 1 atom stereocenters. The first-order valence-electron chi connectivity index (χ1n) is 7.26. The number of hydrogen-bond acceptors (Lipinski definition) is 3. The normalized spacial score (nSPS) is 23.4. The Labute approximate surface area is 149 Å². The molecule has 0 radical (unpaired) electrons. The van der Waals surface area contributed by atoms with E-state index in [1.54, 1.807) is 0 Å². The highest BCUT2D eigenvalue weighted by atomic mass is 35.5. The summed E-state index contributed by atoms with van der Waals surface area (Å²) in [6.07, 6.45) is 0.401. The van der Waals surface area contributed by atoms with Crippen molar-refractivity contribution in [2.45, 2.75) is 29.2 Å². The molecule has 0 spiro atoms. The van der Waals surface area contributed by atoms with Crippen LogP contribution < -0.4 is 0 Å². The van der Waals surface area contributed by atoms with Crippen molar-refractivity contribution in [3.05, 3.63) is 74.6 Å². The molecule has 25 heavy (non-hydrogen) atoms. The van der Waals surface area contributed by atoms with E-state index >= 15 is 0 Å². The largest absolute Gasteiger partial charge is 0.768 e. The van der Waals surface area contributed by atoms with Gasteiger partial charge in [0, 0.05) is 31.9 Å². The quantitative estimate of drug-likeness (QED) is 0.334. The molecule has 0 saturated heterocycles. The summed E-state index contributed by atoms with van der Waals surface area (Å²) in [5, 5.41) is 3.85. The van der Waals surface area contributed by atoms with Crippen LogP contribution in [-0.4, -0.2) is 14.8 Å². The van der Waals surface area contributed by atoms with Gasteiger partial charge in [-0.15, -0.1) is 0 Å².